The van der Waals surface area contributed by atoms with Crippen molar-refractivity contribution in [3.05, 3.63) is 29.8 Å². The molecule has 4 heteroatoms. The number of piperidine rings is 1. The molecule has 4 nitrogen and oxygen atoms in total. The molecule has 1 aromatic rings. The lowest BCUT2D eigenvalue weighted by molar-refractivity contribution is -0.132. The summed E-state index contributed by atoms with van der Waals surface area (Å²) in [6.07, 6.45) is 3.20. The molecular formula is C15H22N2O2. The van der Waals surface area contributed by atoms with Gasteiger partial charge in [-0.25, -0.2) is 0 Å². The smallest absolute Gasteiger partial charge is 0.222 e. The molecule has 19 heavy (non-hydrogen) atoms. The standard InChI is InChI=1S/C15H22N2O2/c1-19-14-5-2-12(3-6-14)4-7-15(18)17-10-8-13(16)9-11-17/h2-3,5-6,13H,4,7-11,16H2,1H3. The molecule has 2 N–H and O–H groups in total. The van der Waals surface area contributed by atoms with Gasteiger partial charge in [-0.2, -0.15) is 0 Å². The number of amides is 1. The predicted octanol–water partition coefficient (Wildman–Crippen LogP) is 1.58. The van der Waals surface area contributed by atoms with Crippen molar-refractivity contribution >= 4 is 5.91 Å². The molecule has 0 spiro atoms. The highest BCUT2D eigenvalue weighted by Gasteiger charge is 2.19. The Bertz CT molecular complexity index is 409. The molecule has 1 heterocycles. The van der Waals surface area contributed by atoms with Gasteiger partial charge in [0.15, 0.2) is 0 Å². The SMILES string of the molecule is COc1ccc(CCC(=O)N2CCC(N)CC2)cc1. The number of aryl methyl sites for hydroxylation is 1. The van der Waals surface area contributed by atoms with Crippen LogP contribution >= 0.6 is 0 Å². The van der Waals surface area contributed by atoms with Gasteiger partial charge in [-0.3, -0.25) is 4.79 Å². The summed E-state index contributed by atoms with van der Waals surface area (Å²) in [5, 5.41) is 0. The fourth-order valence-corrected chi connectivity index (χ4v) is 2.35. The highest BCUT2D eigenvalue weighted by Crippen LogP contribution is 2.14. The van der Waals surface area contributed by atoms with Crippen LogP contribution in [0.25, 0.3) is 0 Å². The highest BCUT2D eigenvalue weighted by atomic mass is 16.5. The Morgan fingerprint density at radius 2 is 1.95 bits per heavy atom. The molecule has 0 aliphatic carbocycles. The molecule has 0 unspecified atom stereocenters. The number of hydrogen-bond donors (Lipinski definition) is 1. The number of hydrogen-bond acceptors (Lipinski definition) is 3. The van der Waals surface area contributed by atoms with Crippen molar-refractivity contribution in [2.75, 3.05) is 20.2 Å². The Morgan fingerprint density at radius 3 is 2.53 bits per heavy atom. The van der Waals surface area contributed by atoms with E-state index in [-0.39, 0.29) is 11.9 Å². The van der Waals surface area contributed by atoms with E-state index < -0.39 is 0 Å². The molecule has 0 bridgehead atoms. The van der Waals surface area contributed by atoms with Crippen LogP contribution in [0.2, 0.25) is 0 Å². The minimum Gasteiger partial charge on any atom is -0.497 e. The maximum Gasteiger partial charge on any atom is 0.222 e. The van der Waals surface area contributed by atoms with Gasteiger partial charge < -0.3 is 15.4 Å². The molecule has 0 radical (unpaired) electrons. The third kappa shape index (κ3) is 3.96. The van der Waals surface area contributed by atoms with Crippen molar-refractivity contribution in [3.63, 3.8) is 0 Å². The zero-order valence-electron chi connectivity index (χ0n) is 11.5. The number of carbonyl (C=O) groups is 1. The normalized spacial score (nSPS) is 16.4. The van der Waals surface area contributed by atoms with Crippen LogP contribution in [0.15, 0.2) is 24.3 Å². The summed E-state index contributed by atoms with van der Waals surface area (Å²) in [7, 11) is 1.65. The monoisotopic (exact) mass is 262 g/mol. The van der Waals surface area contributed by atoms with Gasteiger partial charge in [0.2, 0.25) is 5.91 Å². The first-order chi connectivity index (χ1) is 9.19. The zero-order valence-corrected chi connectivity index (χ0v) is 11.5. The average Bonchev–Trinajstić information content (AvgIpc) is 2.46. The average molecular weight is 262 g/mol. The fourth-order valence-electron chi connectivity index (χ4n) is 2.35. The summed E-state index contributed by atoms with van der Waals surface area (Å²) >= 11 is 0. The number of nitrogens with zero attached hydrogens (tertiary/aromatic N) is 1. The molecule has 1 saturated heterocycles. The van der Waals surface area contributed by atoms with Gasteiger partial charge in [0.05, 0.1) is 7.11 Å². The summed E-state index contributed by atoms with van der Waals surface area (Å²) in [4.78, 5) is 14.0. The lowest BCUT2D eigenvalue weighted by atomic mass is 10.0. The highest BCUT2D eigenvalue weighted by molar-refractivity contribution is 5.76. The van der Waals surface area contributed by atoms with Crippen molar-refractivity contribution in [2.24, 2.45) is 5.73 Å². The molecule has 0 atom stereocenters. The zero-order chi connectivity index (χ0) is 13.7. The van der Waals surface area contributed by atoms with Crippen LogP contribution < -0.4 is 10.5 Å². The van der Waals surface area contributed by atoms with Gasteiger partial charge >= 0.3 is 0 Å². The molecule has 1 aromatic carbocycles. The first-order valence-corrected chi connectivity index (χ1v) is 6.85. The lowest BCUT2D eigenvalue weighted by Gasteiger charge is -2.30. The van der Waals surface area contributed by atoms with E-state index in [1.165, 1.54) is 5.56 Å². The second-order valence-electron chi connectivity index (χ2n) is 5.07. The van der Waals surface area contributed by atoms with E-state index in [0.717, 1.165) is 38.1 Å². The Hall–Kier alpha value is -1.55. The van der Waals surface area contributed by atoms with Gasteiger partial charge in [-0.1, -0.05) is 12.1 Å². The molecule has 104 valence electrons. The van der Waals surface area contributed by atoms with E-state index in [9.17, 15) is 4.79 Å². The Morgan fingerprint density at radius 1 is 1.32 bits per heavy atom. The maximum atomic E-state index is 12.1. The first kappa shape index (κ1) is 13.9. The second kappa shape index (κ2) is 6.57. The quantitative estimate of drug-likeness (QED) is 0.896. The molecule has 1 amide bonds. The summed E-state index contributed by atoms with van der Waals surface area (Å²) < 4.78 is 5.11. The fraction of sp³-hybridized carbons (Fsp3) is 0.533. The van der Waals surface area contributed by atoms with Crippen molar-refractivity contribution in [3.8, 4) is 5.75 Å². The van der Waals surface area contributed by atoms with Gasteiger partial charge in [0.1, 0.15) is 5.75 Å². The molecular weight excluding hydrogens is 240 g/mol. The van der Waals surface area contributed by atoms with Gasteiger partial charge in [-0.05, 0) is 37.0 Å². The van der Waals surface area contributed by atoms with Crippen LogP contribution in [0.1, 0.15) is 24.8 Å². The third-order valence-corrected chi connectivity index (χ3v) is 3.68. The van der Waals surface area contributed by atoms with E-state index >= 15 is 0 Å². The van der Waals surface area contributed by atoms with Crippen molar-refractivity contribution in [2.45, 2.75) is 31.7 Å². The third-order valence-electron chi connectivity index (χ3n) is 3.68. The van der Waals surface area contributed by atoms with E-state index in [1.54, 1.807) is 7.11 Å². The van der Waals surface area contributed by atoms with Crippen LogP contribution in [0.4, 0.5) is 0 Å². The van der Waals surface area contributed by atoms with Crippen LogP contribution in [0, 0.1) is 0 Å². The van der Waals surface area contributed by atoms with Gasteiger partial charge in [0, 0.05) is 25.6 Å². The molecule has 1 aliphatic heterocycles. The van der Waals surface area contributed by atoms with Gasteiger partial charge in [-0.15, -0.1) is 0 Å². The molecule has 1 aliphatic rings. The first-order valence-electron chi connectivity index (χ1n) is 6.85. The summed E-state index contributed by atoms with van der Waals surface area (Å²) in [5.41, 5.74) is 7.01. The van der Waals surface area contributed by atoms with E-state index in [4.69, 9.17) is 10.5 Å². The summed E-state index contributed by atoms with van der Waals surface area (Å²) in [6.45, 7) is 1.62. The van der Waals surface area contributed by atoms with E-state index in [1.807, 2.05) is 29.2 Å². The van der Waals surface area contributed by atoms with Crippen LogP contribution in [-0.2, 0) is 11.2 Å². The number of nitrogens with two attached hydrogens (primary N) is 1. The molecule has 1 fully saturated rings. The van der Waals surface area contributed by atoms with E-state index in [0.29, 0.717) is 6.42 Å². The van der Waals surface area contributed by atoms with Crippen LogP contribution in [0.5, 0.6) is 5.75 Å². The topological polar surface area (TPSA) is 55.6 Å². The predicted molar refractivity (Wildman–Crippen MR) is 75.1 cm³/mol. The number of methoxy groups -OCH3 is 1. The second-order valence-corrected chi connectivity index (χ2v) is 5.07. The van der Waals surface area contributed by atoms with Crippen LogP contribution in [0.3, 0.4) is 0 Å². The number of likely N-dealkylation sites (tertiary alicyclic amines) is 1. The minimum absolute atomic E-state index is 0.239. The number of rotatable bonds is 4. The van der Waals surface area contributed by atoms with E-state index in [2.05, 4.69) is 0 Å². The minimum atomic E-state index is 0.239. The number of ether oxygens (including phenoxy) is 1. The summed E-state index contributed by atoms with van der Waals surface area (Å²) in [6, 6.07) is 8.15. The number of benzene rings is 1. The Balaban J connectivity index is 1.79. The molecule has 0 saturated carbocycles. The van der Waals surface area contributed by atoms with Crippen molar-refractivity contribution in [1.82, 2.24) is 4.90 Å². The lowest BCUT2D eigenvalue weighted by Crippen LogP contribution is -2.42. The number of carbonyl (C=O) groups excluding carboxylic acids is 1. The van der Waals surface area contributed by atoms with Gasteiger partial charge in [0.25, 0.3) is 0 Å². The summed E-state index contributed by atoms with van der Waals surface area (Å²) in [5.74, 6) is 1.09. The largest absolute Gasteiger partial charge is 0.497 e. The van der Waals surface area contributed by atoms with Crippen molar-refractivity contribution in [1.29, 1.82) is 0 Å². The maximum absolute atomic E-state index is 12.1. The molecule has 2 rings (SSSR count). The molecule has 0 aromatic heterocycles. The Kier molecular flexibility index (Phi) is 4.80. The Labute approximate surface area is 114 Å². The van der Waals surface area contributed by atoms with Crippen molar-refractivity contribution < 1.29 is 9.53 Å². The van der Waals surface area contributed by atoms with Crippen LogP contribution in [-0.4, -0.2) is 37.0 Å².